The van der Waals surface area contributed by atoms with Crippen molar-refractivity contribution in [3.8, 4) is 0 Å². The first-order chi connectivity index (χ1) is 11.0. The lowest BCUT2D eigenvalue weighted by Gasteiger charge is -2.32. The number of hydrogen-bond acceptors (Lipinski definition) is 9. The average molecular weight is 325 g/mol. The molecule has 23 heavy (non-hydrogen) atoms. The Morgan fingerprint density at radius 3 is 3.00 bits per heavy atom. The number of methoxy groups -OCH3 is 1. The van der Waals surface area contributed by atoms with Gasteiger partial charge in [-0.05, 0) is 0 Å². The Bertz CT molecular complexity index is 621. The summed E-state index contributed by atoms with van der Waals surface area (Å²) in [4.78, 5) is 32.6. The molecule has 3 aliphatic rings. The Hall–Kier alpha value is -2.21. The lowest BCUT2D eigenvalue weighted by atomic mass is 9.98. The first-order valence-electron chi connectivity index (χ1n) is 6.75. The van der Waals surface area contributed by atoms with Crippen LogP contribution in [0.3, 0.4) is 0 Å². The van der Waals surface area contributed by atoms with Gasteiger partial charge in [-0.25, -0.2) is 4.99 Å². The summed E-state index contributed by atoms with van der Waals surface area (Å²) in [6.07, 6.45) is -2.36. The molecule has 0 aromatic heterocycles. The van der Waals surface area contributed by atoms with E-state index in [9.17, 15) is 19.8 Å². The van der Waals surface area contributed by atoms with E-state index in [0.717, 1.165) is 0 Å². The van der Waals surface area contributed by atoms with Crippen LogP contribution in [0.2, 0.25) is 0 Å². The second-order valence-electron chi connectivity index (χ2n) is 5.21. The van der Waals surface area contributed by atoms with Crippen LogP contribution in [0.4, 0.5) is 0 Å². The van der Waals surface area contributed by atoms with Crippen LogP contribution in [0, 0.1) is 5.41 Å². The van der Waals surface area contributed by atoms with E-state index in [1.54, 1.807) is 0 Å². The maximum absolute atomic E-state index is 12.1. The van der Waals surface area contributed by atoms with Gasteiger partial charge in [-0.15, -0.1) is 0 Å². The largest absolute Gasteiger partial charge is 0.394 e. The number of aliphatic hydroxyl groups excluding tert-OH is 2. The molecule has 0 aromatic rings. The molecule has 1 saturated heterocycles. The summed E-state index contributed by atoms with van der Waals surface area (Å²) in [5.41, 5.74) is -1.89. The number of ether oxygens (including phenoxy) is 2. The van der Waals surface area contributed by atoms with E-state index < -0.39 is 48.6 Å². The number of aliphatic imine (C=N–C) groups is 2. The number of guanidine groups is 1. The van der Waals surface area contributed by atoms with Gasteiger partial charge in [-0.1, -0.05) is 0 Å². The molecule has 0 saturated carbocycles. The molecule has 1 unspecified atom stereocenters. The first-order valence-corrected chi connectivity index (χ1v) is 6.75. The summed E-state index contributed by atoms with van der Waals surface area (Å²) in [6.45, 7) is -0.440. The fourth-order valence-electron chi connectivity index (χ4n) is 2.77. The lowest BCUT2D eigenvalue weighted by molar-refractivity contribution is -0.127. The fourth-order valence-corrected chi connectivity index (χ4v) is 2.77. The van der Waals surface area contributed by atoms with Crippen molar-refractivity contribution in [3.63, 3.8) is 0 Å². The molecule has 1 fully saturated rings. The minimum atomic E-state index is -1.89. The number of nitrogens with zero attached hydrogens (tertiary/aromatic N) is 3. The van der Waals surface area contributed by atoms with E-state index in [1.165, 1.54) is 18.3 Å². The molecule has 0 aliphatic carbocycles. The van der Waals surface area contributed by atoms with Crippen molar-refractivity contribution in [1.82, 2.24) is 10.2 Å². The van der Waals surface area contributed by atoms with E-state index in [2.05, 4.69) is 15.3 Å². The Kier molecular flexibility index (Phi) is 3.72. The van der Waals surface area contributed by atoms with Crippen LogP contribution in [0.15, 0.2) is 9.98 Å². The monoisotopic (exact) mass is 325 g/mol. The van der Waals surface area contributed by atoms with E-state index in [1.807, 2.05) is 0 Å². The standard InChI is InChI=1S/C12H15N5O6/c1-22-7-6(20)5(2-18)23-8(7)17-4-14-12(3-19)9(17)15-11(13)16-10(12)21/h3-8,18,20H,2H2,1H3,(H2,13,16,21)/t5-,6-,7-,8-,12?/m1/s1. The van der Waals surface area contributed by atoms with Gasteiger partial charge < -0.3 is 19.7 Å². The highest BCUT2D eigenvalue weighted by Gasteiger charge is 2.57. The molecule has 3 rings (SSSR count). The Morgan fingerprint density at radius 2 is 2.39 bits per heavy atom. The van der Waals surface area contributed by atoms with E-state index in [4.69, 9.17) is 14.9 Å². The molecule has 0 bridgehead atoms. The molecular formula is C12H15N5O6. The molecule has 0 aromatic carbocycles. The predicted molar refractivity (Wildman–Crippen MR) is 75.0 cm³/mol. The molecule has 4 N–H and O–H groups in total. The molecule has 11 nitrogen and oxygen atoms in total. The number of nitrogens with one attached hydrogen (secondary N) is 2. The molecule has 1 amide bonds. The number of rotatable bonds is 4. The van der Waals surface area contributed by atoms with Crippen LogP contribution >= 0.6 is 0 Å². The maximum Gasteiger partial charge on any atom is 0.270 e. The molecule has 0 radical (unpaired) electrons. The highest BCUT2D eigenvalue weighted by molar-refractivity contribution is 6.34. The van der Waals surface area contributed by atoms with E-state index >= 15 is 0 Å². The quantitative estimate of drug-likeness (QED) is 0.313. The zero-order valence-electron chi connectivity index (χ0n) is 12.0. The van der Waals surface area contributed by atoms with Crippen LogP contribution in [-0.2, 0) is 19.1 Å². The number of aldehydes is 1. The van der Waals surface area contributed by atoms with E-state index in [0.29, 0.717) is 6.29 Å². The van der Waals surface area contributed by atoms with Gasteiger partial charge in [-0.2, -0.15) is 4.99 Å². The van der Waals surface area contributed by atoms with Gasteiger partial charge in [0.25, 0.3) is 11.4 Å². The Balaban J connectivity index is 1.99. The van der Waals surface area contributed by atoms with Gasteiger partial charge in [0.05, 0.1) is 12.9 Å². The Morgan fingerprint density at radius 1 is 1.65 bits per heavy atom. The van der Waals surface area contributed by atoms with Gasteiger partial charge >= 0.3 is 0 Å². The van der Waals surface area contributed by atoms with Crippen molar-refractivity contribution in [2.45, 2.75) is 30.1 Å². The van der Waals surface area contributed by atoms with E-state index in [-0.39, 0.29) is 5.84 Å². The first kappa shape index (κ1) is 15.7. The van der Waals surface area contributed by atoms with Gasteiger partial charge in [0, 0.05) is 7.11 Å². The molecule has 0 spiro atoms. The molecule has 3 heterocycles. The van der Waals surface area contributed by atoms with Crippen molar-refractivity contribution in [3.05, 3.63) is 0 Å². The van der Waals surface area contributed by atoms with Gasteiger partial charge in [0.2, 0.25) is 5.96 Å². The van der Waals surface area contributed by atoms with Crippen molar-refractivity contribution >= 4 is 30.3 Å². The topological polar surface area (TPSA) is 157 Å². The van der Waals surface area contributed by atoms with Crippen molar-refractivity contribution in [2.24, 2.45) is 9.98 Å². The smallest absolute Gasteiger partial charge is 0.270 e. The van der Waals surface area contributed by atoms with Crippen LogP contribution in [0.5, 0.6) is 0 Å². The average Bonchev–Trinajstić information content (AvgIpc) is 3.05. The van der Waals surface area contributed by atoms with Crippen LogP contribution < -0.4 is 5.32 Å². The zero-order valence-corrected chi connectivity index (χ0v) is 12.0. The highest BCUT2D eigenvalue weighted by atomic mass is 16.6. The lowest BCUT2D eigenvalue weighted by Crippen LogP contribution is -2.61. The van der Waals surface area contributed by atoms with Gasteiger partial charge in [0.15, 0.2) is 18.3 Å². The third kappa shape index (κ3) is 2.09. The van der Waals surface area contributed by atoms with Crippen molar-refractivity contribution in [2.75, 3.05) is 13.7 Å². The molecule has 5 atom stereocenters. The second-order valence-corrected chi connectivity index (χ2v) is 5.21. The summed E-state index contributed by atoms with van der Waals surface area (Å²) in [6, 6.07) is 0. The number of carbonyl (C=O) groups excluding carboxylic acids is 2. The third-order valence-electron chi connectivity index (χ3n) is 3.98. The summed E-state index contributed by atoms with van der Waals surface area (Å²) >= 11 is 0. The fraction of sp³-hybridized carbons (Fsp3) is 0.583. The molecule has 3 aliphatic heterocycles. The summed E-state index contributed by atoms with van der Waals surface area (Å²) in [5.74, 6) is -1.35. The highest BCUT2D eigenvalue weighted by Crippen LogP contribution is 2.31. The maximum atomic E-state index is 12.1. The minimum absolute atomic E-state index is 0.112. The Labute approximate surface area is 130 Å². The van der Waals surface area contributed by atoms with Crippen LogP contribution in [-0.4, -0.2) is 89.2 Å². The van der Waals surface area contributed by atoms with Gasteiger partial charge in [-0.3, -0.25) is 25.2 Å². The second kappa shape index (κ2) is 5.45. The summed E-state index contributed by atoms with van der Waals surface area (Å²) < 4.78 is 10.7. The third-order valence-corrected chi connectivity index (χ3v) is 3.98. The number of amides is 1. The molecule has 11 heteroatoms. The predicted octanol–water partition coefficient (Wildman–Crippen LogP) is -3.18. The summed E-state index contributed by atoms with van der Waals surface area (Å²) in [7, 11) is 1.35. The van der Waals surface area contributed by atoms with Gasteiger partial charge in [0.1, 0.15) is 18.3 Å². The molecule has 124 valence electrons. The number of aliphatic hydroxyl groups is 2. The van der Waals surface area contributed by atoms with Crippen LogP contribution in [0.1, 0.15) is 0 Å². The number of hydrogen-bond donors (Lipinski definition) is 4. The van der Waals surface area contributed by atoms with Crippen molar-refractivity contribution < 1.29 is 29.3 Å². The zero-order chi connectivity index (χ0) is 16.8. The molecular weight excluding hydrogens is 310 g/mol. The SMILES string of the molecule is CO[C@@H]1[C@H](O)[C@@H](CO)O[C@H]1N1C=NC2(C=O)C(=O)NC(=N)N=C12. The van der Waals surface area contributed by atoms with Crippen molar-refractivity contribution in [1.29, 1.82) is 5.41 Å². The normalized spacial score (nSPS) is 39.3. The summed E-state index contributed by atoms with van der Waals surface area (Å²) in [5, 5.41) is 29.0. The van der Waals surface area contributed by atoms with Crippen LogP contribution in [0.25, 0.3) is 0 Å². The number of carbonyl (C=O) groups is 2. The minimum Gasteiger partial charge on any atom is -0.394 e. The number of amidine groups is 1. The number of fused-ring (bicyclic) bond motifs is 1.